The van der Waals surface area contributed by atoms with Crippen molar-refractivity contribution in [1.29, 1.82) is 0 Å². The van der Waals surface area contributed by atoms with Gasteiger partial charge in [-0.25, -0.2) is 13.1 Å². The summed E-state index contributed by atoms with van der Waals surface area (Å²) < 4.78 is 33.3. The number of sulfonamides is 1. The minimum Gasteiger partial charge on any atom is -0.481 e. The Morgan fingerprint density at radius 2 is 1.96 bits per heavy atom. The molecule has 2 fully saturated rings. The lowest BCUT2D eigenvalue weighted by Gasteiger charge is -2.28. The summed E-state index contributed by atoms with van der Waals surface area (Å²) in [6, 6.07) is 5.53. The Morgan fingerprint density at radius 3 is 2.60 bits per heavy atom. The Labute approximate surface area is 147 Å². The summed E-state index contributed by atoms with van der Waals surface area (Å²) in [5.41, 5.74) is 0. The van der Waals surface area contributed by atoms with E-state index in [9.17, 15) is 18.3 Å². The second-order valence-electron chi connectivity index (χ2n) is 6.53. The molecule has 0 unspecified atom stereocenters. The molecule has 0 heterocycles. The highest BCUT2D eigenvalue weighted by Crippen LogP contribution is 2.49. The van der Waals surface area contributed by atoms with Gasteiger partial charge in [0.2, 0.25) is 10.0 Å². The van der Waals surface area contributed by atoms with Gasteiger partial charge < -0.3 is 9.84 Å². The number of ether oxygens (including phenoxy) is 1. The lowest BCUT2D eigenvalue weighted by Crippen LogP contribution is -2.46. The summed E-state index contributed by atoms with van der Waals surface area (Å²) in [4.78, 5) is 11.6. The maximum Gasteiger partial charge on any atom is 0.308 e. The third-order valence-electron chi connectivity index (χ3n) is 5.11. The lowest BCUT2D eigenvalue weighted by atomic mass is 9.85. The number of hydrogen-bond acceptors (Lipinski definition) is 4. The van der Waals surface area contributed by atoms with E-state index in [0.717, 1.165) is 19.3 Å². The average Bonchev–Trinajstić information content (AvgIpc) is 3.16. The van der Waals surface area contributed by atoms with Crippen LogP contribution < -0.4 is 9.46 Å². The van der Waals surface area contributed by atoms with Gasteiger partial charge in [0.05, 0.1) is 10.8 Å². The van der Waals surface area contributed by atoms with Crippen molar-refractivity contribution < 1.29 is 23.1 Å². The average molecular weight is 363 g/mol. The standard InChI is InChI=1S/C18H21NO5S/c1-2-3-10-24-14-6-8-15(9-7-14)25(22,23)19-17-13-5-4-12(11-13)16(17)18(20)21/h6-9,12-13,16-17,19H,4-5,10-11H2,1H3,(H,20,21)/t12-,13-,16-,17+/m1/s1. The molecule has 2 aliphatic rings. The number of hydrogen-bond donors (Lipinski definition) is 2. The Kier molecular flexibility index (Phi) is 5.02. The van der Waals surface area contributed by atoms with Gasteiger partial charge in [0.15, 0.2) is 0 Å². The molecule has 0 spiro atoms. The zero-order chi connectivity index (χ0) is 18.0. The highest BCUT2D eigenvalue weighted by atomic mass is 32.2. The van der Waals surface area contributed by atoms with Gasteiger partial charge >= 0.3 is 5.97 Å². The molecular weight excluding hydrogens is 342 g/mol. The van der Waals surface area contributed by atoms with Crippen LogP contribution in [0.1, 0.15) is 26.2 Å². The van der Waals surface area contributed by atoms with Gasteiger partial charge in [-0.15, -0.1) is 5.92 Å². The van der Waals surface area contributed by atoms with Crippen LogP contribution in [0.25, 0.3) is 0 Å². The Balaban J connectivity index is 1.73. The van der Waals surface area contributed by atoms with Crippen molar-refractivity contribution in [3.8, 4) is 17.6 Å². The fourth-order valence-corrected chi connectivity index (χ4v) is 5.30. The molecule has 134 valence electrons. The normalized spacial score (nSPS) is 27.6. The van der Waals surface area contributed by atoms with Crippen molar-refractivity contribution in [2.45, 2.75) is 37.1 Å². The van der Waals surface area contributed by atoms with Crippen LogP contribution >= 0.6 is 0 Å². The first-order valence-corrected chi connectivity index (χ1v) is 9.78. The quantitative estimate of drug-likeness (QED) is 0.753. The van der Waals surface area contributed by atoms with Crippen molar-refractivity contribution in [3.63, 3.8) is 0 Å². The van der Waals surface area contributed by atoms with Crippen LogP contribution in [-0.4, -0.2) is 32.1 Å². The molecule has 4 atom stereocenters. The number of carboxylic acids is 1. The van der Waals surface area contributed by atoms with E-state index >= 15 is 0 Å². The van der Waals surface area contributed by atoms with Crippen LogP contribution in [0, 0.1) is 29.6 Å². The van der Waals surface area contributed by atoms with E-state index < -0.39 is 28.0 Å². The molecule has 2 bridgehead atoms. The van der Waals surface area contributed by atoms with Gasteiger partial charge in [-0.3, -0.25) is 4.79 Å². The smallest absolute Gasteiger partial charge is 0.308 e. The van der Waals surface area contributed by atoms with Crippen molar-refractivity contribution in [2.75, 3.05) is 6.61 Å². The molecule has 2 saturated carbocycles. The molecule has 25 heavy (non-hydrogen) atoms. The Bertz CT molecular complexity index is 806. The summed E-state index contributed by atoms with van der Waals surface area (Å²) in [7, 11) is -3.77. The first-order chi connectivity index (χ1) is 11.9. The first kappa shape index (κ1) is 17.8. The van der Waals surface area contributed by atoms with Crippen LogP contribution in [-0.2, 0) is 14.8 Å². The zero-order valence-electron chi connectivity index (χ0n) is 13.9. The SMILES string of the molecule is CC#CCOc1ccc(S(=O)(=O)N[C@H]2[C@@H]3CC[C@H](C3)[C@H]2C(=O)O)cc1. The molecule has 6 nitrogen and oxygen atoms in total. The minimum absolute atomic E-state index is 0.0747. The van der Waals surface area contributed by atoms with Gasteiger partial charge in [-0.2, -0.15) is 0 Å². The summed E-state index contributed by atoms with van der Waals surface area (Å²) in [6.07, 6.45) is 2.54. The van der Waals surface area contributed by atoms with E-state index in [1.54, 1.807) is 19.1 Å². The number of fused-ring (bicyclic) bond motifs is 2. The van der Waals surface area contributed by atoms with Gasteiger partial charge in [0.25, 0.3) is 0 Å². The molecule has 1 aromatic carbocycles. The number of carbonyl (C=O) groups is 1. The molecular formula is C18H21NO5S. The molecule has 0 saturated heterocycles. The van der Waals surface area contributed by atoms with Crippen molar-refractivity contribution in [2.24, 2.45) is 17.8 Å². The summed E-state index contributed by atoms with van der Waals surface area (Å²) >= 11 is 0. The van der Waals surface area contributed by atoms with Crippen LogP contribution in [0.3, 0.4) is 0 Å². The number of benzene rings is 1. The molecule has 3 rings (SSSR count). The molecule has 0 aliphatic heterocycles. The number of nitrogens with one attached hydrogen (secondary N) is 1. The minimum atomic E-state index is -3.77. The molecule has 2 N–H and O–H groups in total. The van der Waals surface area contributed by atoms with E-state index in [4.69, 9.17) is 4.74 Å². The number of carboxylic acid groups (broad SMARTS) is 1. The van der Waals surface area contributed by atoms with Crippen LogP contribution in [0.2, 0.25) is 0 Å². The molecule has 0 radical (unpaired) electrons. The van der Waals surface area contributed by atoms with E-state index in [1.165, 1.54) is 12.1 Å². The van der Waals surface area contributed by atoms with Gasteiger partial charge in [0.1, 0.15) is 12.4 Å². The fraction of sp³-hybridized carbons (Fsp3) is 0.500. The third kappa shape index (κ3) is 3.65. The highest BCUT2D eigenvalue weighted by Gasteiger charge is 2.52. The predicted octanol–water partition coefficient (Wildman–Crippen LogP) is 1.87. The third-order valence-corrected chi connectivity index (χ3v) is 6.59. The largest absolute Gasteiger partial charge is 0.481 e. The predicted molar refractivity (Wildman–Crippen MR) is 91.5 cm³/mol. The second-order valence-corrected chi connectivity index (χ2v) is 8.25. The first-order valence-electron chi connectivity index (χ1n) is 8.30. The van der Waals surface area contributed by atoms with Gasteiger partial charge in [0, 0.05) is 6.04 Å². The summed E-state index contributed by atoms with van der Waals surface area (Å²) in [6.45, 7) is 1.96. The molecule has 1 aromatic rings. The van der Waals surface area contributed by atoms with Crippen LogP contribution in [0.4, 0.5) is 0 Å². The lowest BCUT2D eigenvalue weighted by molar-refractivity contribution is -0.144. The maximum atomic E-state index is 12.6. The van der Waals surface area contributed by atoms with E-state index in [2.05, 4.69) is 16.6 Å². The molecule has 0 amide bonds. The molecule has 7 heteroatoms. The Hall–Kier alpha value is -2.04. The number of aliphatic carboxylic acids is 1. The van der Waals surface area contributed by atoms with E-state index in [0.29, 0.717) is 5.75 Å². The van der Waals surface area contributed by atoms with Gasteiger partial charge in [-0.1, -0.05) is 5.92 Å². The van der Waals surface area contributed by atoms with E-state index in [-0.39, 0.29) is 23.3 Å². The molecule has 0 aromatic heterocycles. The number of rotatable bonds is 6. The fourth-order valence-electron chi connectivity index (χ4n) is 3.97. The zero-order valence-corrected chi connectivity index (χ0v) is 14.8. The Morgan fingerprint density at radius 1 is 1.28 bits per heavy atom. The van der Waals surface area contributed by atoms with Crippen LogP contribution in [0.5, 0.6) is 5.75 Å². The topological polar surface area (TPSA) is 92.7 Å². The highest BCUT2D eigenvalue weighted by molar-refractivity contribution is 7.89. The monoisotopic (exact) mass is 363 g/mol. The van der Waals surface area contributed by atoms with Crippen molar-refractivity contribution in [1.82, 2.24) is 4.72 Å². The maximum absolute atomic E-state index is 12.6. The summed E-state index contributed by atoms with van der Waals surface area (Å²) in [5, 5.41) is 9.45. The van der Waals surface area contributed by atoms with Crippen molar-refractivity contribution in [3.05, 3.63) is 24.3 Å². The molecule has 2 aliphatic carbocycles. The van der Waals surface area contributed by atoms with Crippen LogP contribution in [0.15, 0.2) is 29.2 Å². The second kappa shape index (κ2) is 7.06. The summed E-state index contributed by atoms with van der Waals surface area (Å²) in [5.74, 6) is 4.64. The van der Waals surface area contributed by atoms with Gasteiger partial charge in [-0.05, 0) is 62.3 Å². The van der Waals surface area contributed by atoms with Crippen molar-refractivity contribution >= 4 is 16.0 Å². The van der Waals surface area contributed by atoms with E-state index in [1.807, 2.05) is 0 Å².